The summed E-state index contributed by atoms with van der Waals surface area (Å²) >= 11 is 0. The number of hydrogen-bond donors (Lipinski definition) is 3. The lowest BCUT2D eigenvalue weighted by Gasteiger charge is -2.18. The molecule has 0 aliphatic carbocycles. The topological polar surface area (TPSA) is 126 Å². The Bertz CT molecular complexity index is 1150. The molecule has 1 aliphatic heterocycles. The van der Waals surface area contributed by atoms with Gasteiger partial charge in [0.1, 0.15) is 5.71 Å². The van der Waals surface area contributed by atoms with Crippen LogP contribution in [0.3, 0.4) is 0 Å². The van der Waals surface area contributed by atoms with Crippen molar-refractivity contribution in [2.45, 2.75) is 25.3 Å². The van der Waals surface area contributed by atoms with Crippen LogP contribution in [-0.2, 0) is 14.4 Å². The Kier molecular flexibility index (Phi) is 5.25. The molecule has 152 valence electrons. The van der Waals surface area contributed by atoms with Crippen LogP contribution in [0.2, 0.25) is 0 Å². The van der Waals surface area contributed by atoms with E-state index in [1.54, 1.807) is 29.1 Å². The average Bonchev–Trinajstić information content (AvgIpc) is 3.16. The molecule has 1 atom stereocenters. The zero-order chi connectivity index (χ0) is 21.1. The molecule has 3 aromatic rings. The number of aromatic nitrogens is 2. The number of aliphatic carboxylic acids is 1. The van der Waals surface area contributed by atoms with Gasteiger partial charge in [-0.1, -0.05) is 30.3 Å². The molecule has 9 nitrogen and oxygen atoms in total. The zero-order valence-electron chi connectivity index (χ0n) is 15.9. The van der Waals surface area contributed by atoms with Crippen molar-refractivity contribution in [3.05, 3.63) is 60.4 Å². The molecule has 0 saturated carbocycles. The van der Waals surface area contributed by atoms with Gasteiger partial charge in [-0.2, -0.15) is 5.10 Å². The normalized spacial score (nSPS) is 14.7. The summed E-state index contributed by atoms with van der Waals surface area (Å²) in [6.45, 7) is 0. The van der Waals surface area contributed by atoms with Gasteiger partial charge >= 0.3 is 5.97 Å². The number of amides is 2. The lowest BCUT2D eigenvalue weighted by Crippen LogP contribution is -2.32. The van der Waals surface area contributed by atoms with Crippen LogP contribution >= 0.6 is 0 Å². The Balaban J connectivity index is 1.66. The van der Waals surface area contributed by atoms with Crippen molar-refractivity contribution in [2.75, 3.05) is 5.32 Å². The summed E-state index contributed by atoms with van der Waals surface area (Å²) in [5.74, 6) is -1.54. The second-order valence-corrected chi connectivity index (χ2v) is 6.93. The summed E-state index contributed by atoms with van der Waals surface area (Å²) in [5, 5.41) is 16.0. The molecule has 2 heterocycles. The second-order valence-electron chi connectivity index (χ2n) is 6.93. The third kappa shape index (κ3) is 4.04. The Morgan fingerprint density at radius 3 is 2.67 bits per heavy atom. The van der Waals surface area contributed by atoms with E-state index in [1.165, 1.54) is 0 Å². The molecule has 0 spiro atoms. The predicted octanol–water partition coefficient (Wildman–Crippen LogP) is 2.30. The first kappa shape index (κ1) is 19.3. The van der Waals surface area contributed by atoms with E-state index in [1.807, 2.05) is 30.3 Å². The number of carboxylic acids is 1. The number of carboxylic acid groups (broad SMARTS) is 1. The number of fused-ring (bicyclic) bond motifs is 1. The van der Waals surface area contributed by atoms with Crippen LogP contribution in [0.1, 0.15) is 30.9 Å². The molecule has 9 heteroatoms. The van der Waals surface area contributed by atoms with Crippen molar-refractivity contribution in [1.29, 1.82) is 0 Å². The molecule has 0 saturated heterocycles. The van der Waals surface area contributed by atoms with Crippen LogP contribution in [0.15, 0.2) is 60.0 Å². The lowest BCUT2D eigenvalue weighted by molar-refractivity contribution is -0.137. The van der Waals surface area contributed by atoms with Crippen LogP contribution < -0.4 is 10.7 Å². The van der Waals surface area contributed by atoms with Gasteiger partial charge in [0, 0.05) is 18.5 Å². The van der Waals surface area contributed by atoms with Gasteiger partial charge in [-0.15, -0.1) is 0 Å². The van der Waals surface area contributed by atoms with E-state index in [0.29, 0.717) is 16.7 Å². The number of benzene rings is 2. The van der Waals surface area contributed by atoms with Gasteiger partial charge in [0.2, 0.25) is 5.91 Å². The highest BCUT2D eigenvalue weighted by atomic mass is 16.4. The number of rotatable bonds is 6. The largest absolute Gasteiger partial charge is 0.481 e. The molecule has 0 bridgehead atoms. The number of imidazole rings is 1. The molecule has 4 rings (SSSR count). The quantitative estimate of drug-likeness (QED) is 0.580. The monoisotopic (exact) mass is 405 g/mol. The van der Waals surface area contributed by atoms with Gasteiger partial charge in [0.15, 0.2) is 0 Å². The maximum Gasteiger partial charge on any atom is 0.305 e. The van der Waals surface area contributed by atoms with Gasteiger partial charge in [-0.3, -0.25) is 14.4 Å². The SMILES string of the molecule is O=C(O)CC(c1ccccc1)n1cnc2ccc(NC(=O)C3=NNC(=O)CC3)cc21. The van der Waals surface area contributed by atoms with E-state index >= 15 is 0 Å². The number of nitrogens with zero attached hydrogens (tertiary/aromatic N) is 3. The third-order valence-electron chi connectivity index (χ3n) is 4.89. The van der Waals surface area contributed by atoms with Gasteiger partial charge in [0.05, 0.1) is 29.8 Å². The van der Waals surface area contributed by atoms with E-state index in [9.17, 15) is 19.5 Å². The first-order valence-electron chi connectivity index (χ1n) is 9.41. The van der Waals surface area contributed by atoms with Crippen molar-refractivity contribution in [3.63, 3.8) is 0 Å². The van der Waals surface area contributed by atoms with Gasteiger partial charge in [-0.25, -0.2) is 10.4 Å². The van der Waals surface area contributed by atoms with E-state index in [0.717, 1.165) is 5.56 Å². The maximum atomic E-state index is 12.4. The number of carbonyl (C=O) groups excluding carboxylic acids is 2. The molecule has 1 unspecified atom stereocenters. The minimum absolute atomic E-state index is 0.109. The van der Waals surface area contributed by atoms with Crippen molar-refractivity contribution < 1.29 is 19.5 Å². The van der Waals surface area contributed by atoms with Crippen molar-refractivity contribution in [2.24, 2.45) is 5.10 Å². The first-order chi connectivity index (χ1) is 14.5. The highest BCUT2D eigenvalue weighted by Gasteiger charge is 2.21. The molecule has 2 amide bonds. The molecule has 2 aromatic carbocycles. The van der Waals surface area contributed by atoms with Crippen LogP contribution in [0.25, 0.3) is 11.0 Å². The standard InChI is InChI=1S/C21H19N5O4/c27-19-9-8-16(24-25-19)21(30)23-14-6-7-15-18(10-14)26(12-22-15)17(11-20(28)29)13-4-2-1-3-5-13/h1-7,10,12,17H,8-9,11H2,(H,23,30)(H,25,27)(H,28,29). The van der Waals surface area contributed by atoms with E-state index in [-0.39, 0.29) is 30.9 Å². The van der Waals surface area contributed by atoms with Gasteiger partial charge in [-0.05, 0) is 23.8 Å². The number of nitrogens with one attached hydrogen (secondary N) is 2. The molecule has 0 fully saturated rings. The van der Waals surface area contributed by atoms with Gasteiger partial charge < -0.3 is 15.0 Å². The molecule has 1 aliphatic rings. The third-order valence-corrected chi connectivity index (χ3v) is 4.89. The highest BCUT2D eigenvalue weighted by Crippen LogP contribution is 2.28. The van der Waals surface area contributed by atoms with Crippen LogP contribution in [0, 0.1) is 0 Å². The predicted molar refractivity (Wildman–Crippen MR) is 110 cm³/mol. The summed E-state index contributed by atoms with van der Waals surface area (Å²) in [6, 6.07) is 14.1. The number of anilines is 1. The minimum atomic E-state index is -0.924. The molecular formula is C21H19N5O4. The summed E-state index contributed by atoms with van der Waals surface area (Å²) < 4.78 is 1.80. The summed E-state index contributed by atoms with van der Waals surface area (Å²) in [6.07, 6.45) is 1.98. The van der Waals surface area contributed by atoms with Crippen molar-refractivity contribution >= 4 is 40.2 Å². The van der Waals surface area contributed by atoms with E-state index in [4.69, 9.17) is 0 Å². The Hall–Kier alpha value is -4.01. The number of carbonyl (C=O) groups is 3. The number of hydrogen-bond acceptors (Lipinski definition) is 5. The summed E-state index contributed by atoms with van der Waals surface area (Å²) in [7, 11) is 0. The van der Waals surface area contributed by atoms with E-state index < -0.39 is 17.9 Å². The summed E-state index contributed by atoms with van der Waals surface area (Å²) in [4.78, 5) is 39.5. The molecule has 0 radical (unpaired) electrons. The van der Waals surface area contributed by atoms with Gasteiger partial charge in [0.25, 0.3) is 5.91 Å². The highest BCUT2D eigenvalue weighted by molar-refractivity contribution is 6.43. The fourth-order valence-electron chi connectivity index (χ4n) is 3.41. The van der Waals surface area contributed by atoms with Crippen molar-refractivity contribution in [1.82, 2.24) is 15.0 Å². The summed E-state index contributed by atoms with van der Waals surface area (Å²) in [5.41, 5.74) is 5.30. The molecular weight excluding hydrogens is 386 g/mol. The molecule has 30 heavy (non-hydrogen) atoms. The van der Waals surface area contributed by atoms with Crippen LogP contribution in [-0.4, -0.2) is 38.2 Å². The smallest absolute Gasteiger partial charge is 0.305 e. The minimum Gasteiger partial charge on any atom is -0.481 e. The molecule has 1 aromatic heterocycles. The maximum absolute atomic E-state index is 12.4. The van der Waals surface area contributed by atoms with Crippen molar-refractivity contribution in [3.8, 4) is 0 Å². The fourth-order valence-corrected chi connectivity index (χ4v) is 3.41. The Morgan fingerprint density at radius 1 is 1.17 bits per heavy atom. The first-order valence-corrected chi connectivity index (χ1v) is 9.41. The molecule has 3 N–H and O–H groups in total. The Labute approximate surface area is 171 Å². The lowest BCUT2D eigenvalue weighted by atomic mass is 10.0. The number of hydrazone groups is 1. The fraction of sp³-hybridized carbons (Fsp3) is 0.190. The van der Waals surface area contributed by atoms with E-state index in [2.05, 4.69) is 20.8 Å². The van der Waals surface area contributed by atoms with Crippen LogP contribution in [0.5, 0.6) is 0 Å². The average molecular weight is 405 g/mol. The second kappa shape index (κ2) is 8.16. The Morgan fingerprint density at radius 2 is 1.97 bits per heavy atom. The zero-order valence-corrected chi connectivity index (χ0v) is 15.9. The van der Waals surface area contributed by atoms with Crippen LogP contribution in [0.4, 0.5) is 5.69 Å².